The summed E-state index contributed by atoms with van der Waals surface area (Å²) in [4.78, 5) is 4.12. The predicted octanol–water partition coefficient (Wildman–Crippen LogP) is 2.63. The molecule has 4 heteroatoms. The minimum atomic E-state index is -0.709. The van der Waals surface area contributed by atoms with Crippen LogP contribution in [0.25, 0.3) is 0 Å². The molecule has 1 aromatic carbocycles. The van der Waals surface area contributed by atoms with Gasteiger partial charge in [0.1, 0.15) is 6.10 Å². The van der Waals surface area contributed by atoms with Crippen molar-refractivity contribution in [3.8, 4) is 11.5 Å². The van der Waals surface area contributed by atoms with Gasteiger partial charge in [0.15, 0.2) is 11.5 Å². The SMILES string of the molecule is Cc1cncc(C(O)c2ccc3c(c2)OCCCO3)c1. The Morgan fingerprint density at radius 1 is 1.05 bits per heavy atom. The Hall–Kier alpha value is -2.07. The third-order valence-electron chi connectivity index (χ3n) is 3.30. The highest BCUT2D eigenvalue weighted by molar-refractivity contribution is 5.45. The van der Waals surface area contributed by atoms with Gasteiger partial charge in [-0.25, -0.2) is 0 Å². The number of nitrogens with zero attached hydrogens (tertiary/aromatic N) is 1. The fourth-order valence-electron chi connectivity index (χ4n) is 2.27. The zero-order valence-corrected chi connectivity index (χ0v) is 11.4. The van der Waals surface area contributed by atoms with Crippen LogP contribution in [-0.2, 0) is 0 Å². The topological polar surface area (TPSA) is 51.6 Å². The van der Waals surface area contributed by atoms with Crippen molar-refractivity contribution >= 4 is 0 Å². The van der Waals surface area contributed by atoms with Crippen LogP contribution in [0.5, 0.6) is 11.5 Å². The number of hydrogen-bond acceptors (Lipinski definition) is 4. The van der Waals surface area contributed by atoms with Gasteiger partial charge in [-0.3, -0.25) is 4.98 Å². The first-order chi connectivity index (χ1) is 9.74. The van der Waals surface area contributed by atoms with Crippen LogP contribution in [0.15, 0.2) is 36.7 Å². The number of rotatable bonds is 2. The van der Waals surface area contributed by atoms with Gasteiger partial charge in [-0.2, -0.15) is 0 Å². The Morgan fingerprint density at radius 3 is 2.65 bits per heavy atom. The minimum Gasteiger partial charge on any atom is -0.490 e. The second-order valence-corrected chi connectivity index (χ2v) is 4.95. The zero-order chi connectivity index (χ0) is 13.9. The molecule has 0 saturated heterocycles. The van der Waals surface area contributed by atoms with Gasteiger partial charge in [-0.15, -0.1) is 0 Å². The molecule has 2 aromatic rings. The van der Waals surface area contributed by atoms with E-state index in [9.17, 15) is 5.11 Å². The Labute approximate surface area is 118 Å². The van der Waals surface area contributed by atoms with Crippen LogP contribution in [0.4, 0.5) is 0 Å². The Bertz CT molecular complexity index is 612. The summed E-state index contributed by atoms with van der Waals surface area (Å²) in [5.74, 6) is 1.43. The summed E-state index contributed by atoms with van der Waals surface area (Å²) in [6.07, 6.45) is 3.61. The summed E-state index contributed by atoms with van der Waals surface area (Å²) in [6.45, 7) is 3.26. The monoisotopic (exact) mass is 271 g/mol. The lowest BCUT2D eigenvalue weighted by Crippen LogP contribution is -2.02. The number of hydrogen-bond donors (Lipinski definition) is 1. The van der Waals surface area contributed by atoms with E-state index in [0.717, 1.165) is 28.9 Å². The Kier molecular flexibility index (Phi) is 3.56. The fourth-order valence-corrected chi connectivity index (χ4v) is 2.27. The van der Waals surface area contributed by atoms with Gasteiger partial charge in [0.2, 0.25) is 0 Å². The van der Waals surface area contributed by atoms with Gasteiger partial charge in [-0.1, -0.05) is 12.1 Å². The van der Waals surface area contributed by atoms with E-state index < -0.39 is 6.10 Å². The second kappa shape index (κ2) is 5.51. The number of aromatic nitrogens is 1. The van der Waals surface area contributed by atoms with E-state index in [1.165, 1.54) is 0 Å². The number of aliphatic hydroxyl groups is 1. The molecule has 2 heterocycles. The summed E-state index contributed by atoms with van der Waals surface area (Å²) in [5, 5.41) is 10.5. The van der Waals surface area contributed by atoms with Gasteiger partial charge in [0, 0.05) is 24.4 Å². The number of aliphatic hydroxyl groups excluding tert-OH is 1. The summed E-state index contributed by atoms with van der Waals surface area (Å²) < 4.78 is 11.2. The quantitative estimate of drug-likeness (QED) is 0.912. The highest BCUT2D eigenvalue weighted by Crippen LogP contribution is 2.33. The normalized spacial score (nSPS) is 15.5. The summed E-state index contributed by atoms with van der Waals surface area (Å²) in [5.41, 5.74) is 2.58. The second-order valence-electron chi connectivity index (χ2n) is 4.95. The molecule has 0 spiro atoms. The van der Waals surface area contributed by atoms with Crippen molar-refractivity contribution in [1.29, 1.82) is 0 Å². The van der Waals surface area contributed by atoms with Crippen LogP contribution in [0.1, 0.15) is 29.2 Å². The van der Waals surface area contributed by atoms with Gasteiger partial charge < -0.3 is 14.6 Å². The molecule has 20 heavy (non-hydrogen) atoms. The summed E-state index contributed by atoms with van der Waals surface area (Å²) >= 11 is 0. The Balaban J connectivity index is 1.92. The third-order valence-corrected chi connectivity index (χ3v) is 3.30. The molecular weight excluding hydrogens is 254 g/mol. The maximum atomic E-state index is 10.5. The van der Waals surface area contributed by atoms with E-state index in [4.69, 9.17) is 9.47 Å². The molecule has 3 rings (SSSR count). The first kappa shape index (κ1) is 12.9. The van der Waals surface area contributed by atoms with E-state index in [-0.39, 0.29) is 0 Å². The standard InChI is InChI=1S/C16H17NO3/c1-11-7-13(10-17-9-11)16(18)12-3-4-14-15(8-12)20-6-2-5-19-14/h3-4,7-10,16,18H,2,5-6H2,1H3. The van der Waals surface area contributed by atoms with Crippen LogP contribution in [0.3, 0.4) is 0 Å². The molecular formula is C16H17NO3. The average molecular weight is 271 g/mol. The average Bonchev–Trinajstić information content (AvgIpc) is 2.71. The highest BCUT2D eigenvalue weighted by atomic mass is 16.5. The molecule has 1 unspecified atom stereocenters. The molecule has 0 radical (unpaired) electrons. The number of pyridine rings is 1. The van der Waals surface area contributed by atoms with E-state index in [1.54, 1.807) is 12.4 Å². The van der Waals surface area contributed by atoms with Crippen LogP contribution >= 0.6 is 0 Å². The zero-order valence-electron chi connectivity index (χ0n) is 11.4. The molecule has 0 bridgehead atoms. The van der Waals surface area contributed by atoms with E-state index in [0.29, 0.717) is 19.0 Å². The molecule has 1 aromatic heterocycles. The maximum Gasteiger partial charge on any atom is 0.161 e. The third kappa shape index (κ3) is 2.60. The first-order valence-electron chi connectivity index (χ1n) is 6.73. The van der Waals surface area contributed by atoms with Gasteiger partial charge in [0.05, 0.1) is 13.2 Å². The van der Waals surface area contributed by atoms with Crippen LogP contribution in [-0.4, -0.2) is 23.3 Å². The van der Waals surface area contributed by atoms with Crippen LogP contribution in [0.2, 0.25) is 0 Å². The first-order valence-corrected chi connectivity index (χ1v) is 6.73. The molecule has 1 atom stereocenters. The number of benzene rings is 1. The minimum absolute atomic E-state index is 0.637. The lowest BCUT2D eigenvalue weighted by Gasteiger charge is -2.14. The van der Waals surface area contributed by atoms with E-state index in [2.05, 4.69) is 4.98 Å². The molecule has 1 aliphatic heterocycles. The number of fused-ring (bicyclic) bond motifs is 1. The molecule has 0 fully saturated rings. The van der Waals surface area contributed by atoms with Gasteiger partial charge in [-0.05, 0) is 30.2 Å². The van der Waals surface area contributed by atoms with Crippen molar-refractivity contribution in [2.24, 2.45) is 0 Å². The predicted molar refractivity (Wildman–Crippen MR) is 75.1 cm³/mol. The van der Waals surface area contributed by atoms with E-state index >= 15 is 0 Å². The van der Waals surface area contributed by atoms with Crippen molar-refractivity contribution in [1.82, 2.24) is 4.98 Å². The Morgan fingerprint density at radius 2 is 1.85 bits per heavy atom. The number of aryl methyl sites for hydroxylation is 1. The smallest absolute Gasteiger partial charge is 0.161 e. The molecule has 0 amide bonds. The van der Waals surface area contributed by atoms with Crippen LogP contribution in [0, 0.1) is 6.92 Å². The van der Waals surface area contributed by atoms with E-state index in [1.807, 2.05) is 31.2 Å². The lowest BCUT2D eigenvalue weighted by molar-refractivity contribution is 0.219. The molecule has 0 aliphatic carbocycles. The van der Waals surface area contributed by atoms with Crippen molar-refractivity contribution < 1.29 is 14.6 Å². The molecule has 1 aliphatic rings. The molecule has 104 valence electrons. The van der Waals surface area contributed by atoms with Crippen molar-refractivity contribution in [2.75, 3.05) is 13.2 Å². The van der Waals surface area contributed by atoms with Crippen molar-refractivity contribution in [2.45, 2.75) is 19.4 Å². The number of ether oxygens (including phenoxy) is 2. The largest absolute Gasteiger partial charge is 0.490 e. The maximum absolute atomic E-state index is 10.5. The van der Waals surface area contributed by atoms with Crippen LogP contribution < -0.4 is 9.47 Å². The fraction of sp³-hybridized carbons (Fsp3) is 0.312. The molecule has 4 nitrogen and oxygen atoms in total. The van der Waals surface area contributed by atoms with Gasteiger partial charge >= 0.3 is 0 Å². The highest BCUT2D eigenvalue weighted by Gasteiger charge is 2.16. The molecule has 0 saturated carbocycles. The van der Waals surface area contributed by atoms with Gasteiger partial charge in [0.25, 0.3) is 0 Å². The van der Waals surface area contributed by atoms with Crippen molar-refractivity contribution in [3.05, 3.63) is 53.3 Å². The molecule has 1 N–H and O–H groups in total. The summed E-state index contributed by atoms with van der Waals surface area (Å²) in [7, 11) is 0. The lowest BCUT2D eigenvalue weighted by atomic mass is 10.0. The summed E-state index contributed by atoms with van der Waals surface area (Å²) in [6, 6.07) is 7.48. The van der Waals surface area contributed by atoms with Crippen molar-refractivity contribution in [3.63, 3.8) is 0 Å².